The maximum atomic E-state index is 12.6. The number of tetrazole rings is 1. The van der Waals surface area contributed by atoms with Crippen LogP contribution in [-0.4, -0.2) is 69.4 Å². The largest absolute Gasteiger partial charge is 0.379 e. The van der Waals surface area contributed by atoms with Crippen LogP contribution in [-0.2, 0) is 4.74 Å². The second-order valence-electron chi connectivity index (χ2n) is 6.44. The quantitative estimate of drug-likeness (QED) is 0.838. The van der Waals surface area contributed by atoms with Crippen molar-refractivity contribution in [2.75, 3.05) is 32.8 Å². The summed E-state index contributed by atoms with van der Waals surface area (Å²) < 4.78 is 6.96. The molecule has 1 fully saturated rings. The predicted molar refractivity (Wildman–Crippen MR) is 92.6 cm³/mol. The van der Waals surface area contributed by atoms with E-state index in [-0.39, 0.29) is 11.4 Å². The number of rotatable bonds is 6. The van der Waals surface area contributed by atoms with E-state index in [0.717, 1.165) is 38.4 Å². The van der Waals surface area contributed by atoms with E-state index < -0.39 is 0 Å². The zero-order valence-corrected chi connectivity index (χ0v) is 14.7. The van der Waals surface area contributed by atoms with Gasteiger partial charge in [-0.1, -0.05) is 13.0 Å². The first kappa shape index (κ1) is 17.5. The number of hydrogen-bond acceptors (Lipinski definition) is 6. The average molecular weight is 344 g/mol. The van der Waals surface area contributed by atoms with Crippen LogP contribution >= 0.6 is 0 Å². The maximum absolute atomic E-state index is 12.6. The lowest BCUT2D eigenvalue weighted by Crippen LogP contribution is -2.56. The summed E-state index contributed by atoms with van der Waals surface area (Å²) in [5.74, 6) is -0.0946. The molecule has 1 saturated heterocycles. The van der Waals surface area contributed by atoms with Gasteiger partial charge in [-0.25, -0.2) is 4.68 Å². The molecule has 2 heterocycles. The lowest BCUT2D eigenvalue weighted by atomic mass is 9.95. The molecule has 1 aliphatic heterocycles. The topological polar surface area (TPSA) is 85.2 Å². The molecular weight excluding hydrogens is 320 g/mol. The predicted octanol–water partition coefficient (Wildman–Crippen LogP) is 0.893. The molecule has 2 aromatic rings. The summed E-state index contributed by atoms with van der Waals surface area (Å²) in [5.41, 5.74) is 1.27. The Balaban J connectivity index is 1.66. The van der Waals surface area contributed by atoms with Crippen molar-refractivity contribution in [3.63, 3.8) is 0 Å². The Morgan fingerprint density at radius 3 is 2.84 bits per heavy atom. The Morgan fingerprint density at radius 2 is 2.16 bits per heavy atom. The summed E-state index contributed by atoms with van der Waals surface area (Å²) in [4.78, 5) is 15.0. The molecule has 1 unspecified atom stereocenters. The third-order valence-corrected chi connectivity index (χ3v) is 4.89. The molecule has 8 nitrogen and oxygen atoms in total. The number of nitrogens with zero attached hydrogens (tertiary/aromatic N) is 5. The number of ether oxygens (including phenoxy) is 1. The van der Waals surface area contributed by atoms with Crippen LogP contribution in [0, 0.1) is 0 Å². The summed E-state index contributed by atoms with van der Waals surface area (Å²) in [5, 5.41) is 14.2. The second kappa shape index (κ2) is 7.71. The van der Waals surface area contributed by atoms with Gasteiger partial charge in [-0.15, -0.1) is 5.10 Å². The second-order valence-corrected chi connectivity index (χ2v) is 6.44. The zero-order valence-electron chi connectivity index (χ0n) is 14.7. The highest BCUT2D eigenvalue weighted by Gasteiger charge is 2.31. The standard InChI is InChI=1S/C17H24N6O2/c1-3-17(2,22-7-9-25-10-8-22)12-18-16(24)14-5-4-6-15(11-14)23-13-19-20-21-23/h4-6,11,13H,3,7-10,12H2,1-2H3,(H,18,24). The Morgan fingerprint density at radius 1 is 1.36 bits per heavy atom. The van der Waals surface area contributed by atoms with Gasteiger partial charge in [0.05, 0.1) is 18.9 Å². The molecule has 1 aliphatic rings. The molecule has 3 rings (SSSR count). The number of hydrogen-bond donors (Lipinski definition) is 1. The summed E-state index contributed by atoms with van der Waals surface area (Å²) in [6.07, 6.45) is 2.46. The van der Waals surface area contributed by atoms with Crippen molar-refractivity contribution < 1.29 is 9.53 Å². The minimum Gasteiger partial charge on any atom is -0.379 e. The number of benzene rings is 1. The van der Waals surface area contributed by atoms with Gasteiger partial charge < -0.3 is 10.1 Å². The molecule has 0 spiro atoms. The number of aromatic nitrogens is 4. The van der Waals surface area contributed by atoms with Crippen LogP contribution in [0.1, 0.15) is 30.6 Å². The van der Waals surface area contributed by atoms with Gasteiger partial charge >= 0.3 is 0 Å². The van der Waals surface area contributed by atoms with E-state index in [2.05, 4.69) is 39.6 Å². The zero-order chi connectivity index (χ0) is 17.7. The lowest BCUT2D eigenvalue weighted by molar-refractivity contribution is -0.0169. The van der Waals surface area contributed by atoms with Gasteiger partial charge in [-0.2, -0.15) is 0 Å². The Hall–Kier alpha value is -2.32. The van der Waals surface area contributed by atoms with Crippen LogP contribution in [0.15, 0.2) is 30.6 Å². The van der Waals surface area contributed by atoms with E-state index >= 15 is 0 Å². The number of amides is 1. The summed E-state index contributed by atoms with van der Waals surface area (Å²) in [6, 6.07) is 7.26. The maximum Gasteiger partial charge on any atom is 0.251 e. The van der Waals surface area contributed by atoms with Crippen molar-refractivity contribution in [2.24, 2.45) is 0 Å². The molecule has 0 saturated carbocycles. The highest BCUT2D eigenvalue weighted by Crippen LogP contribution is 2.20. The van der Waals surface area contributed by atoms with E-state index in [1.54, 1.807) is 12.1 Å². The van der Waals surface area contributed by atoms with E-state index in [9.17, 15) is 4.79 Å². The smallest absolute Gasteiger partial charge is 0.251 e. The van der Waals surface area contributed by atoms with Crippen LogP contribution in [0.4, 0.5) is 0 Å². The summed E-state index contributed by atoms with van der Waals surface area (Å²) in [6.45, 7) is 8.23. The fraction of sp³-hybridized carbons (Fsp3) is 0.529. The van der Waals surface area contributed by atoms with Crippen molar-refractivity contribution in [3.8, 4) is 5.69 Å². The SMILES string of the molecule is CCC(C)(CNC(=O)c1cccc(-n2cnnn2)c1)N1CCOCC1. The van der Waals surface area contributed by atoms with Gasteiger partial charge in [0.1, 0.15) is 6.33 Å². The van der Waals surface area contributed by atoms with Crippen molar-refractivity contribution >= 4 is 5.91 Å². The van der Waals surface area contributed by atoms with E-state index in [1.165, 1.54) is 11.0 Å². The van der Waals surface area contributed by atoms with Crippen LogP contribution < -0.4 is 5.32 Å². The lowest BCUT2D eigenvalue weighted by Gasteiger charge is -2.43. The molecule has 0 radical (unpaired) electrons. The molecule has 1 aromatic heterocycles. The van der Waals surface area contributed by atoms with Crippen LogP contribution in [0.5, 0.6) is 0 Å². The highest BCUT2D eigenvalue weighted by atomic mass is 16.5. The molecule has 8 heteroatoms. The van der Waals surface area contributed by atoms with Crippen molar-refractivity contribution in [1.82, 2.24) is 30.4 Å². The molecule has 1 amide bonds. The Bertz CT molecular complexity index is 699. The number of morpholine rings is 1. The number of carbonyl (C=O) groups excluding carboxylic acids is 1. The molecule has 25 heavy (non-hydrogen) atoms. The van der Waals surface area contributed by atoms with Crippen LogP contribution in [0.3, 0.4) is 0 Å². The van der Waals surface area contributed by atoms with E-state index in [1.807, 2.05) is 12.1 Å². The minimum absolute atomic E-state index is 0.0765. The van der Waals surface area contributed by atoms with Crippen molar-refractivity contribution in [1.29, 1.82) is 0 Å². The third-order valence-electron chi connectivity index (χ3n) is 4.89. The molecule has 1 atom stereocenters. The van der Waals surface area contributed by atoms with Gasteiger partial charge in [0.25, 0.3) is 5.91 Å². The van der Waals surface area contributed by atoms with E-state index in [0.29, 0.717) is 12.1 Å². The molecule has 1 aromatic carbocycles. The Kier molecular flexibility index (Phi) is 5.40. The van der Waals surface area contributed by atoms with Gasteiger partial charge in [0.2, 0.25) is 0 Å². The average Bonchev–Trinajstić information content (AvgIpc) is 3.21. The van der Waals surface area contributed by atoms with Crippen molar-refractivity contribution in [2.45, 2.75) is 25.8 Å². The van der Waals surface area contributed by atoms with Crippen molar-refractivity contribution in [3.05, 3.63) is 36.2 Å². The number of carbonyl (C=O) groups is 1. The number of nitrogens with one attached hydrogen (secondary N) is 1. The molecular formula is C17H24N6O2. The van der Waals surface area contributed by atoms with Gasteiger partial charge in [-0.05, 0) is 42.0 Å². The first-order chi connectivity index (χ1) is 12.1. The third kappa shape index (κ3) is 4.02. The normalized spacial score (nSPS) is 17.8. The molecule has 0 bridgehead atoms. The van der Waals surface area contributed by atoms with Gasteiger partial charge in [0.15, 0.2) is 0 Å². The first-order valence-corrected chi connectivity index (χ1v) is 8.57. The van der Waals surface area contributed by atoms with E-state index in [4.69, 9.17) is 4.74 Å². The fourth-order valence-electron chi connectivity index (χ4n) is 3.01. The minimum atomic E-state index is -0.0946. The summed E-state index contributed by atoms with van der Waals surface area (Å²) >= 11 is 0. The Labute approximate surface area is 147 Å². The highest BCUT2D eigenvalue weighted by molar-refractivity contribution is 5.94. The first-order valence-electron chi connectivity index (χ1n) is 8.57. The molecule has 134 valence electrons. The van der Waals surface area contributed by atoms with Crippen LogP contribution in [0.25, 0.3) is 5.69 Å². The summed E-state index contributed by atoms with van der Waals surface area (Å²) in [7, 11) is 0. The van der Waals surface area contributed by atoms with Gasteiger partial charge in [0, 0.05) is 30.7 Å². The fourth-order valence-corrected chi connectivity index (χ4v) is 3.01. The molecule has 0 aliphatic carbocycles. The monoisotopic (exact) mass is 344 g/mol. The molecule has 1 N–H and O–H groups in total. The van der Waals surface area contributed by atoms with Gasteiger partial charge in [-0.3, -0.25) is 9.69 Å². The van der Waals surface area contributed by atoms with Crippen LogP contribution in [0.2, 0.25) is 0 Å².